The highest BCUT2D eigenvalue weighted by molar-refractivity contribution is 5.77. The molecule has 0 aromatic heterocycles. The van der Waals surface area contributed by atoms with Gasteiger partial charge < -0.3 is 9.80 Å². The normalized spacial score (nSPS) is 30.2. The first-order valence-corrected chi connectivity index (χ1v) is 10.7. The fourth-order valence-corrected chi connectivity index (χ4v) is 5.74. The second-order valence-electron chi connectivity index (χ2n) is 8.97. The Balaban J connectivity index is 1.50. The number of nitro benzene ring substituents is 1. The van der Waals surface area contributed by atoms with Crippen molar-refractivity contribution >= 4 is 17.1 Å². The zero-order valence-corrected chi connectivity index (χ0v) is 16.5. The van der Waals surface area contributed by atoms with Gasteiger partial charge in [0.1, 0.15) is 17.3 Å². The van der Waals surface area contributed by atoms with Gasteiger partial charge in [-0.25, -0.2) is 0 Å². The summed E-state index contributed by atoms with van der Waals surface area (Å²) in [5.74, 6) is 2.39. The number of anilines is 2. The number of allylic oxidation sites excluding steroid dienone is 4. The van der Waals surface area contributed by atoms with E-state index in [1.807, 2.05) is 6.07 Å². The third kappa shape index (κ3) is 3.19. The van der Waals surface area contributed by atoms with Crippen LogP contribution in [0.25, 0.3) is 0 Å². The molecule has 6 heteroatoms. The summed E-state index contributed by atoms with van der Waals surface area (Å²) in [6.07, 6.45) is 13.3. The van der Waals surface area contributed by atoms with Crippen LogP contribution in [0.5, 0.6) is 0 Å². The average Bonchev–Trinajstić information content (AvgIpc) is 3.36. The Kier molecular flexibility index (Phi) is 4.54. The minimum Gasteiger partial charge on any atom is -0.371 e. The summed E-state index contributed by atoms with van der Waals surface area (Å²) in [7, 11) is 0. The van der Waals surface area contributed by atoms with Gasteiger partial charge >= 0.3 is 5.69 Å². The molecule has 0 amide bonds. The number of nitro groups is 1. The van der Waals surface area contributed by atoms with Crippen molar-refractivity contribution in [3.8, 4) is 6.07 Å². The average molecular weight is 390 g/mol. The smallest absolute Gasteiger partial charge is 0.310 e. The van der Waals surface area contributed by atoms with Gasteiger partial charge in [-0.15, -0.1) is 0 Å². The van der Waals surface area contributed by atoms with Crippen LogP contribution in [0.1, 0.15) is 31.2 Å². The van der Waals surface area contributed by atoms with Crippen LogP contribution >= 0.6 is 0 Å². The highest BCUT2D eigenvalue weighted by Crippen LogP contribution is 2.43. The molecule has 2 fully saturated rings. The molecule has 2 heterocycles. The molecule has 2 aliphatic carbocycles. The number of rotatable bonds is 3. The van der Waals surface area contributed by atoms with Crippen molar-refractivity contribution in [2.24, 2.45) is 23.7 Å². The lowest BCUT2D eigenvalue weighted by Crippen LogP contribution is -2.24. The molecule has 150 valence electrons. The Bertz CT molecular complexity index is 900. The van der Waals surface area contributed by atoms with E-state index in [1.54, 1.807) is 6.07 Å². The van der Waals surface area contributed by atoms with Crippen LogP contribution in [0.2, 0.25) is 0 Å². The number of fused-ring (bicyclic) bond motifs is 2. The predicted octanol–water partition coefficient (Wildman–Crippen LogP) is 4.27. The lowest BCUT2D eigenvalue weighted by molar-refractivity contribution is -0.384. The van der Waals surface area contributed by atoms with Crippen molar-refractivity contribution in [2.75, 3.05) is 36.0 Å². The number of hydrogen-bond acceptors (Lipinski definition) is 5. The van der Waals surface area contributed by atoms with Crippen molar-refractivity contribution in [1.29, 1.82) is 5.26 Å². The molecule has 0 saturated carbocycles. The summed E-state index contributed by atoms with van der Waals surface area (Å²) < 4.78 is 0. The molecular weight excluding hydrogens is 364 g/mol. The van der Waals surface area contributed by atoms with Crippen molar-refractivity contribution in [3.05, 3.63) is 52.1 Å². The van der Waals surface area contributed by atoms with Crippen molar-refractivity contribution in [1.82, 2.24) is 0 Å². The van der Waals surface area contributed by atoms with Gasteiger partial charge in [0, 0.05) is 31.9 Å². The van der Waals surface area contributed by atoms with E-state index in [4.69, 9.17) is 0 Å². The van der Waals surface area contributed by atoms with E-state index in [9.17, 15) is 15.4 Å². The Morgan fingerprint density at radius 1 is 0.862 bits per heavy atom. The molecular formula is C23H26N4O2. The monoisotopic (exact) mass is 390 g/mol. The minimum atomic E-state index is -0.369. The molecule has 0 radical (unpaired) electrons. The highest BCUT2D eigenvalue weighted by atomic mass is 16.6. The van der Waals surface area contributed by atoms with Crippen LogP contribution in [0.15, 0.2) is 36.4 Å². The van der Waals surface area contributed by atoms with E-state index >= 15 is 0 Å². The Labute approximate surface area is 171 Å². The molecule has 2 aliphatic heterocycles. The van der Waals surface area contributed by atoms with E-state index in [2.05, 4.69) is 40.2 Å². The van der Waals surface area contributed by atoms with Crippen LogP contribution < -0.4 is 9.80 Å². The van der Waals surface area contributed by atoms with Gasteiger partial charge in [0.25, 0.3) is 0 Å². The fraction of sp³-hybridized carbons (Fsp3) is 0.522. The lowest BCUT2D eigenvalue weighted by Gasteiger charge is -2.24. The Morgan fingerprint density at radius 3 is 1.79 bits per heavy atom. The molecule has 4 aliphatic rings. The summed E-state index contributed by atoms with van der Waals surface area (Å²) >= 11 is 0. The minimum absolute atomic E-state index is 0.0267. The molecule has 1 aromatic rings. The lowest BCUT2D eigenvalue weighted by atomic mass is 9.86. The molecule has 5 rings (SSSR count). The maximum absolute atomic E-state index is 11.9. The van der Waals surface area contributed by atoms with Crippen LogP contribution in [-0.2, 0) is 0 Å². The highest BCUT2D eigenvalue weighted by Gasteiger charge is 2.38. The summed E-state index contributed by atoms with van der Waals surface area (Å²) in [6, 6.07) is 5.82. The van der Waals surface area contributed by atoms with Gasteiger partial charge in [-0.1, -0.05) is 24.3 Å². The molecule has 4 unspecified atom stereocenters. The molecule has 1 aromatic carbocycles. The molecule has 2 saturated heterocycles. The summed E-state index contributed by atoms with van der Waals surface area (Å²) in [6.45, 7) is 3.59. The number of nitriles is 1. The second-order valence-corrected chi connectivity index (χ2v) is 8.97. The fourth-order valence-electron chi connectivity index (χ4n) is 5.74. The van der Waals surface area contributed by atoms with E-state index < -0.39 is 0 Å². The first kappa shape index (κ1) is 18.2. The third-order valence-electron chi connectivity index (χ3n) is 7.33. The van der Waals surface area contributed by atoms with E-state index in [1.165, 1.54) is 0 Å². The Hall–Kier alpha value is -2.81. The molecule has 0 bridgehead atoms. The van der Waals surface area contributed by atoms with Gasteiger partial charge in [0.05, 0.1) is 4.92 Å². The van der Waals surface area contributed by atoms with E-state index in [-0.39, 0.29) is 16.2 Å². The van der Waals surface area contributed by atoms with Crippen molar-refractivity contribution < 1.29 is 4.92 Å². The van der Waals surface area contributed by atoms with Crippen molar-refractivity contribution in [3.63, 3.8) is 0 Å². The summed E-state index contributed by atoms with van der Waals surface area (Å²) in [4.78, 5) is 16.0. The maximum atomic E-state index is 11.9. The maximum Gasteiger partial charge on any atom is 0.310 e. The first-order valence-electron chi connectivity index (χ1n) is 10.7. The number of benzene rings is 1. The largest absolute Gasteiger partial charge is 0.371 e. The van der Waals surface area contributed by atoms with E-state index in [0.717, 1.165) is 57.5 Å². The Morgan fingerprint density at radius 2 is 1.34 bits per heavy atom. The van der Waals surface area contributed by atoms with Crippen molar-refractivity contribution in [2.45, 2.75) is 25.7 Å². The van der Waals surface area contributed by atoms with Gasteiger partial charge in [-0.05, 0) is 61.5 Å². The van der Waals surface area contributed by atoms with Gasteiger partial charge in [-0.3, -0.25) is 10.1 Å². The number of hydrogen-bond donors (Lipinski definition) is 0. The quantitative estimate of drug-likeness (QED) is 0.438. The van der Waals surface area contributed by atoms with Crippen LogP contribution in [0, 0.1) is 45.1 Å². The van der Waals surface area contributed by atoms with Crippen LogP contribution in [0.3, 0.4) is 0 Å². The van der Waals surface area contributed by atoms with E-state index in [0.29, 0.717) is 29.4 Å². The first-order chi connectivity index (χ1) is 14.1. The summed E-state index contributed by atoms with van der Waals surface area (Å²) in [5.41, 5.74) is 1.75. The van der Waals surface area contributed by atoms with Gasteiger partial charge in [0.15, 0.2) is 0 Å². The summed E-state index contributed by atoms with van der Waals surface area (Å²) in [5, 5.41) is 21.6. The SMILES string of the molecule is N#Cc1cc(N2CC3CC=CCC3C2)cc(N2CC3CC=CCC3C2)c1[N+](=O)[O-]. The molecule has 0 N–H and O–H groups in total. The predicted molar refractivity (Wildman–Crippen MR) is 113 cm³/mol. The zero-order chi connectivity index (χ0) is 20.0. The van der Waals surface area contributed by atoms with Gasteiger partial charge in [-0.2, -0.15) is 5.26 Å². The number of nitrogens with zero attached hydrogens (tertiary/aromatic N) is 4. The zero-order valence-electron chi connectivity index (χ0n) is 16.5. The standard InChI is InChI=1S/C23H26N4O2/c24-11-20-9-21(25-12-16-5-1-2-6-17(16)13-25)10-22(23(20)27(28)29)26-14-18-7-3-4-8-19(18)15-26/h1-4,9-10,16-19H,5-8,12-15H2. The van der Waals surface area contributed by atoms with Gasteiger partial charge in [0.2, 0.25) is 0 Å². The molecule has 4 atom stereocenters. The topological polar surface area (TPSA) is 73.4 Å². The molecule has 29 heavy (non-hydrogen) atoms. The van der Waals surface area contributed by atoms with Crippen LogP contribution in [0.4, 0.5) is 17.1 Å². The molecule has 6 nitrogen and oxygen atoms in total. The third-order valence-corrected chi connectivity index (χ3v) is 7.33. The molecule has 0 spiro atoms. The second kappa shape index (κ2) is 7.22. The van der Waals surface area contributed by atoms with Crippen LogP contribution in [-0.4, -0.2) is 31.1 Å².